The number of carbonyl (C=O) groups is 1. The third-order valence-corrected chi connectivity index (χ3v) is 3.85. The first-order valence-corrected chi connectivity index (χ1v) is 6.66. The highest BCUT2D eigenvalue weighted by Crippen LogP contribution is 2.31. The van der Waals surface area contributed by atoms with Gasteiger partial charge in [0.25, 0.3) is 0 Å². The summed E-state index contributed by atoms with van der Waals surface area (Å²) in [5, 5.41) is 12.4. The fourth-order valence-corrected chi connectivity index (χ4v) is 2.61. The summed E-state index contributed by atoms with van der Waals surface area (Å²) in [5.41, 5.74) is 1.18. The van der Waals surface area contributed by atoms with Gasteiger partial charge in [0.05, 0.1) is 5.56 Å². The molecule has 92 valence electrons. The molecule has 2 N–H and O–H groups in total. The molecule has 0 spiro atoms. The van der Waals surface area contributed by atoms with E-state index in [4.69, 9.17) is 5.11 Å². The molecule has 3 nitrogen and oxygen atoms in total. The zero-order valence-corrected chi connectivity index (χ0v) is 11.3. The van der Waals surface area contributed by atoms with Crippen molar-refractivity contribution in [2.75, 3.05) is 5.32 Å². The Hall–Kier alpha value is -1.03. The first-order chi connectivity index (χ1) is 8.06. The molecule has 0 aromatic heterocycles. The standard InChI is InChI=1S/C13H16BrNO2/c1-8(9-3-2-4-9)15-12-6-10(13(16)17)5-11(14)7-12/h5-9,15H,2-4H2,1H3,(H,16,17). The Balaban J connectivity index is 2.11. The second kappa shape index (κ2) is 5.08. The number of halogens is 1. The van der Waals surface area contributed by atoms with Crippen LogP contribution in [0.15, 0.2) is 22.7 Å². The van der Waals surface area contributed by atoms with Gasteiger partial charge in [-0.2, -0.15) is 0 Å². The lowest BCUT2D eigenvalue weighted by Crippen LogP contribution is -2.30. The number of carboxylic acids is 1. The fourth-order valence-electron chi connectivity index (χ4n) is 2.12. The summed E-state index contributed by atoms with van der Waals surface area (Å²) in [6.07, 6.45) is 3.86. The maximum Gasteiger partial charge on any atom is 0.335 e. The lowest BCUT2D eigenvalue weighted by molar-refractivity contribution is 0.0697. The van der Waals surface area contributed by atoms with Crippen LogP contribution in [0.5, 0.6) is 0 Å². The maximum absolute atomic E-state index is 10.9. The van der Waals surface area contributed by atoms with Gasteiger partial charge in [-0.15, -0.1) is 0 Å². The minimum Gasteiger partial charge on any atom is -0.478 e. The van der Waals surface area contributed by atoms with E-state index in [1.165, 1.54) is 19.3 Å². The highest BCUT2D eigenvalue weighted by Gasteiger charge is 2.23. The smallest absolute Gasteiger partial charge is 0.335 e. The highest BCUT2D eigenvalue weighted by atomic mass is 79.9. The van der Waals surface area contributed by atoms with E-state index in [1.54, 1.807) is 12.1 Å². The molecule has 1 aliphatic rings. The van der Waals surface area contributed by atoms with E-state index in [0.29, 0.717) is 11.6 Å². The van der Waals surface area contributed by atoms with E-state index in [9.17, 15) is 4.79 Å². The molecule has 1 atom stereocenters. The molecule has 0 heterocycles. The molecule has 1 aromatic carbocycles. The summed E-state index contributed by atoms with van der Waals surface area (Å²) in [6, 6.07) is 5.62. The molecule has 4 heteroatoms. The van der Waals surface area contributed by atoms with E-state index >= 15 is 0 Å². The van der Waals surface area contributed by atoms with Crippen molar-refractivity contribution in [3.05, 3.63) is 28.2 Å². The van der Waals surface area contributed by atoms with E-state index in [1.807, 2.05) is 6.07 Å². The van der Waals surface area contributed by atoms with Crippen LogP contribution >= 0.6 is 15.9 Å². The van der Waals surface area contributed by atoms with Crippen molar-refractivity contribution < 1.29 is 9.90 Å². The second-order valence-electron chi connectivity index (χ2n) is 4.66. The number of carboxylic acid groups (broad SMARTS) is 1. The molecule has 0 amide bonds. The summed E-state index contributed by atoms with van der Waals surface area (Å²) in [4.78, 5) is 10.9. The van der Waals surface area contributed by atoms with Gasteiger partial charge in [0.1, 0.15) is 0 Å². The van der Waals surface area contributed by atoms with Crippen molar-refractivity contribution in [1.29, 1.82) is 0 Å². The second-order valence-corrected chi connectivity index (χ2v) is 5.57. The molecule has 0 aliphatic heterocycles. The van der Waals surface area contributed by atoms with Crippen LogP contribution in [0.2, 0.25) is 0 Å². The summed E-state index contributed by atoms with van der Waals surface area (Å²) in [7, 11) is 0. The van der Waals surface area contributed by atoms with Crippen LogP contribution in [0.1, 0.15) is 36.5 Å². The first-order valence-electron chi connectivity index (χ1n) is 5.86. The number of anilines is 1. The lowest BCUT2D eigenvalue weighted by Gasteiger charge is -2.32. The van der Waals surface area contributed by atoms with Gasteiger partial charge in [-0.05, 0) is 43.9 Å². The Morgan fingerprint density at radius 3 is 2.71 bits per heavy atom. The predicted octanol–water partition coefficient (Wildman–Crippen LogP) is 3.75. The number of hydrogen-bond acceptors (Lipinski definition) is 2. The van der Waals surface area contributed by atoms with Crippen LogP contribution in [0, 0.1) is 5.92 Å². The Bertz CT molecular complexity index is 429. The first kappa shape index (κ1) is 12.4. The Labute approximate surface area is 109 Å². The van der Waals surface area contributed by atoms with Gasteiger partial charge < -0.3 is 10.4 Å². The van der Waals surface area contributed by atoms with Gasteiger partial charge in [0.15, 0.2) is 0 Å². The highest BCUT2D eigenvalue weighted by molar-refractivity contribution is 9.10. The van der Waals surface area contributed by atoms with Crippen LogP contribution in [-0.2, 0) is 0 Å². The topological polar surface area (TPSA) is 49.3 Å². The van der Waals surface area contributed by atoms with E-state index in [-0.39, 0.29) is 0 Å². The molecule has 1 unspecified atom stereocenters. The Morgan fingerprint density at radius 1 is 1.47 bits per heavy atom. The third kappa shape index (κ3) is 3.00. The monoisotopic (exact) mass is 297 g/mol. The Kier molecular flexibility index (Phi) is 3.72. The average molecular weight is 298 g/mol. The van der Waals surface area contributed by atoms with Gasteiger partial charge in [-0.1, -0.05) is 22.4 Å². The van der Waals surface area contributed by atoms with Crippen LogP contribution < -0.4 is 5.32 Å². The van der Waals surface area contributed by atoms with Crippen LogP contribution in [0.4, 0.5) is 5.69 Å². The molecule has 1 saturated carbocycles. The van der Waals surface area contributed by atoms with E-state index < -0.39 is 5.97 Å². The van der Waals surface area contributed by atoms with E-state index in [2.05, 4.69) is 28.2 Å². The molecule has 0 bridgehead atoms. The van der Waals surface area contributed by atoms with Gasteiger partial charge in [-0.25, -0.2) is 4.79 Å². The lowest BCUT2D eigenvalue weighted by atomic mass is 9.80. The van der Waals surface area contributed by atoms with Crippen LogP contribution in [0.3, 0.4) is 0 Å². The van der Waals surface area contributed by atoms with Gasteiger partial charge in [-0.3, -0.25) is 0 Å². The fraction of sp³-hybridized carbons (Fsp3) is 0.462. The summed E-state index contributed by atoms with van der Waals surface area (Å²) < 4.78 is 0.792. The molecule has 0 saturated heterocycles. The van der Waals surface area contributed by atoms with E-state index in [0.717, 1.165) is 16.1 Å². The molecule has 1 aromatic rings. The quantitative estimate of drug-likeness (QED) is 0.890. The SMILES string of the molecule is CC(Nc1cc(Br)cc(C(=O)O)c1)C1CCC1. The number of benzene rings is 1. The zero-order chi connectivity index (χ0) is 12.4. The van der Waals surface area contributed by atoms with Crippen molar-refractivity contribution >= 4 is 27.6 Å². The van der Waals surface area contributed by atoms with Gasteiger partial charge >= 0.3 is 5.97 Å². The van der Waals surface area contributed by atoms with Crippen LogP contribution in [0.25, 0.3) is 0 Å². The van der Waals surface area contributed by atoms with Crippen molar-refractivity contribution in [1.82, 2.24) is 0 Å². The normalized spacial score (nSPS) is 17.3. The Morgan fingerprint density at radius 2 is 2.18 bits per heavy atom. The van der Waals surface area contributed by atoms with Gasteiger partial charge in [0, 0.05) is 16.2 Å². The number of nitrogens with one attached hydrogen (secondary N) is 1. The summed E-state index contributed by atoms with van der Waals surface area (Å²) in [6.45, 7) is 2.16. The molecular formula is C13H16BrNO2. The van der Waals surface area contributed by atoms with Crippen molar-refractivity contribution in [2.24, 2.45) is 5.92 Å². The molecule has 1 aliphatic carbocycles. The largest absolute Gasteiger partial charge is 0.478 e. The molecule has 1 fully saturated rings. The summed E-state index contributed by atoms with van der Waals surface area (Å²) in [5.74, 6) is -0.173. The molecule has 2 rings (SSSR count). The minimum atomic E-state index is -0.898. The predicted molar refractivity (Wildman–Crippen MR) is 71.5 cm³/mol. The van der Waals surface area contributed by atoms with Gasteiger partial charge in [0.2, 0.25) is 0 Å². The number of aromatic carboxylic acids is 1. The third-order valence-electron chi connectivity index (χ3n) is 3.40. The molecular weight excluding hydrogens is 282 g/mol. The van der Waals surface area contributed by atoms with Crippen molar-refractivity contribution in [3.8, 4) is 0 Å². The number of hydrogen-bond donors (Lipinski definition) is 2. The summed E-state index contributed by atoms with van der Waals surface area (Å²) >= 11 is 3.34. The maximum atomic E-state index is 10.9. The minimum absolute atomic E-state index is 0.308. The average Bonchev–Trinajstić information content (AvgIpc) is 2.13. The van der Waals surface area contributed by atoms with Crippen molar-refractivity contribution in [2.45, 2.75) is 32.2 Å². The zero-order valence-electron chi connectivity index (χ0n) is 9.74. The number of rotatable bonds is 4. The molecule has 0 radical (unpaired) electrons. The van der Waals surface area contributed by atoms with Crippen molar-refractivity contribution in [3.63, 3.8) is 0 Å². The van der Waals surface area contributed by atoms with Crippen LogP contribution in [-0.4, -0.2) is 17.1 Å². The molecule has 17 heavy (non-hydrogen) atoms.